The monoisotopic (exact) mass is 304 g/mol. The molecule has 0 bridgehead atoms. The highest BCUT2D eigenvalue weighted by molar-refractivity contribution is 6.07. The summed E-state index contributed by atoms with van der Waals surface area (Å²) in [5.74, 6) is -0.286. The Kier molecular flexibility index (Phi) is 5.25. The first kappa shape index (κ1) is 15.7. The number of alkyl halides is 2. The molecule has 3 nitrogen and oxygen atoms in total. The fraction of sp³-hybridized carbons (Fsp3) is 0.118. The Labute approximate surface area is 126 Å². The van der Waals surface area contributed by atoms with Gasteiger partial charge in [-0.25, -0.2) is 0 Å². The van der Waals surface area contributed by atoms with Crippen LogP contribution >= 0.6 is 0 Å². The molecule has 0 aliphatic heterocycles. The molecule has 2 rings (SSSR count). The quantitative estimate of drug-likeness (QED) is 0.593. The van der Waals surface area contributed by atoms with Crippen LogP contribution in [0.2, 0.25) is 0 Å². The zero-order valence-corrected chi connectivity index (χ0v) is 11.8. The lowest BCUT2D eigenvalue weighted by molar-refractivity contribution is -0.0512. The molecule has 2 aromatic rings. The van der Waals surface area contributed by atoms with Gasteiger partial charge in [0.15, 0.2) is 17.3 Å². The van der Waals surface area contributed by atoms with Gasteiger partial charge in [0.1, 0.15) is 0 Å². The molecule has 0 aliphatic rings. The van der Waals surface area contributed by atoms with Crippen LogP contribution in [0.25, 0.3) is 6.08 Å². The third kappa shape index (κ3) is 4.15. The molecule has 22 heavy (non-hydrogen) atoms. The van der Waals surface area contributed by atoms with Crippen molar-refractivity contribution in [3.63, 3.8) is 0 Å². The number of hydrogen-bond acceptors (Lipinski definition) is 3. The van der Waals surface area contributed by atoms with Crippen LogP contribution in [0.1, 0.15) is 15.9 Å². The fourth-order valence-electron chi connectivity index (χ4n) is 1.85. The number of halogens is 2. The van der Waals surface area contributed by atoms with E-state index in [4.69, 9.17) is 4.74 Å². The first-order chi connectivity index (χ1) is 10.6. The van der Waals surface area contributed by atoms with Crippen molar-refractivity contribution in [1.82, 2.24) is 0 Å². The minimum Gasteiger partial charge on any atom is -0.493 e. The van der Waals surface area contributed by atoms with Crippen LogP contribution in [0.15, 0.2) is 54.6 Å². The molecule has 0 unspecified atom stereocenters. The van der Waals surface area contributed by atoms with Crippen molar-refractivity contribution in [3.8, 4) is 11.5 Å². The lowest BCUT2D eigenvalue weighted by Crippen LogP contribution is -2.04. The molecule has 2 aromatic carbocycles. The normalized spacial score (nSPS) is 10.9. The third-order valence-electron chi connectivity index (χ3n) is 2.89. The van der Waals surface area contributed by atoms with Gasteiger partial charge >= 0.3 is 6.61 Å². The van der Waals surface area contributed by atoms with Crippen molar-refractivity contribution in [2.75, 3.05) is 7.11 Å². The highest BCUT2D eigenvalue weighted by Crippen LogP contribution is 2.29. The highest BCUT2D eigenvalue weighted by atomic mass is 19.3. The molecule has 0 saturated carbocycles. The number of allylic oxidation sites excluding steroid dienone is 1. The van der Waals surface area contributed by atoms with Gasteiger partial charge in [-0.2, -0.15) is 8.78 Å². The van der Waals surface area contributed by atoms with Gasteiger partial charge in [0.2, 0.25) is 0 Å². The molecule has 0 fully saturated rings. The maximum atomic E-state index is 12.2. The molecule has 5 heteroatoms. The van der Waals surface area contributed by atoms with Crippen LogP contribution in [0.3, 0.4) is 0 Å². The summed E-state index contributed by atoms with van der Waals surface area (Å²) in [5, 5.41) is 0. The van der Waals surface area contributed by atoms with Crippen LogP contribution < -0.4 is 9.47 Å². The van der Waals surface area contributed by atoms with Crippen molar-refractivity contribution in [3.05, 3.63) is 65.7 Å². The molecule has 0 aromatic heterocycles. The predicted molar refractivity (Wildman–Crippen MR) is 79.4 cm³/mol. The van der Waals surface area contributed by atoms with Gasteiger partial charge in [0, 0.05) is 5.56 Å². The van der Waals surface area contributed by atoms with Crippen molar-refractivity contribution in [1.29, 1.82) is 0 Å². The number of benzene rings is 2. The van der Waals surface area contributed by atoms with Gasteiger partial charge < -0.3 is 9.47 Å². The van der Waals surface area contributed by atoms with E-state index in [2.05, 4.69) is 4.74 Å². The number of rotatable bonds is 6. The van der Waals surface area contributed by atoms with Crippen molar-refractivity contribution in [2.45, 2.75) is 6.61 Å². The molecule has 0 N–H and O–H groups in total. The zero-order valence-electron chi connectivity index (χ0n) is 11.8. The van der Waals surface area contributed by atoms with Gasteiger partial charge in [-0.3, -0.25) is 4.79 Å². The number of ether oxygens (including phenoxy) is 2. The number of carbonyl (C=O) groups excluding carboxylic acids is 1. The molecule has 0 radical (unpaired) electrons. The molecule has 114 valence electrons. The van der Waals surface area contributed by atoms with E-state index in [1.165, 1.54) is 31.4 Å². The summed E-state index contributed by atoms with van der Waals surface area (Å²) >= 11 is 0. The maximum Gasteiger partial charge on any atom is 0.387 e. The van der Waals surface area contributed by atoms with Gasteiger partial charge in [-0.15, -0.1) is 0 Å². The minimum atomic E-state index is -2.95. The molecular formula is C17H14F2O3. The van der Waals surface area contributed by atoms with E-state index < -0.39 is 6.61 Å². The average molecular weight is 304 g/mol. The third-order valence-corrected chi connectivity index (χ3v) is 2.89. The van der Waals surface area contributed by atoms with E-state index in [0.29, 0.717) is 5.56 Å². The Morgan fingerprint density at radius 2 is 1.82 bits per heavy atom. The zero-order chi connectivity index (χ0) is 15.9. The summed E-state index contributed by atoms with van der Waals surface area (Å²) in [4.78, 5) is 12.1. The summed E-state index contributed by atoms with van der Waals surface area (Å²) in [7, 11) is 1.32. The molecule has 0 spiro atoms. The largest absolute Gasteiger partial charge is 0.493 e. The average Bonchev–Trinajstić information content (AvgIpc) is 2.53. The van der Waals surface area contributed by atoms with Crippen LogP contribution in [-0.4, -0.2) is 19.5 Å². The second-order valence-electron chi connectivity index (χ2n) is 4.35. The van der Waals surface area contributed by atoms with E-state index in [1.807, 2.05) is 30.3 Å². The summed E-state index contributed by atoms with van der Waals surface area (Å²) in [6.07, 6.45) is 3.09. The van der Waals surface area contributed by atoms with Crippen molar-refractivity contribution in [2.24, 2.45) is 0 Å². The predicted octanol–water partition coefficient (Wildman–Crippen LogP) is 4.19. The maximum absolute atomic E-state index is 12.2. The summed E-state index contributed by atoms with van der Waals surface area (Å²) in [6.45, 7) is -2.95. The Morgan fingerprint density at radius 1 is 1.09 bits per heavy atom. The van der Waals surface area contributed by atoms with E-state index in [-0.39, 0.29) is 17.3 Å². The highest BCUT2D eigenvalue weighted by Gasteiger charge is 2.13. The van der Waals surface area contributed by atoms with Crippen LogP contribution in [-0.2, 0) is 0 Å². The SMILES string of the molecule is COc1cc(C(=O)C=Cc2ccccc2)ccc1OC(F)F. The molecule has 0 saturated heterocycles. The van der Waals surface area contributed by atoms with E-state index >= 15 is 0 Å². The standard InChI is InChI=1S/C17H14F2O3/c1-21-16-11-13(8-10-15(16)22-17(18)19)14(20)9-7-12-5-3-2-4-6-12/h2-11,17H,1H3. The Morgan fingerprint density at radius 3 is 2.45 bits per heavy atom. The first-order valence-electron chi connectivity index (χ1n) is 6.50. The van der Waals surface area contributed by atoms with Gasteiger partial charge in [-0.05, 0) is 29.8 Å². The number of hydrogen-bond donors (Lipinski definition) is 0. The summed E-state index contributed by atoms with van der Waals surface area (Å²) in [5.41, 5.74) is 1.21. The van der Waals surface area contributed by atoms with Crippen LogP contribution in [0.4, 0.5) is 8.78 Å². The molecule has 0 heterocycles. The van der Waals surface area contributed by atoms with Crippen LogP contribution in [0.5, 0.6) is 11.5 Å². The minimum absolute atomic E-state index is 0.0826. The molecule has 0 amide bonds. The van der Waals surface area contributed by atoms with Crippen LogP contribution in [0, 0.1) is 0 Å². The first-order valence-corrected chi connectivity index (χ1v) is 6.50. The molecular weight excluding hydrogens is 290 g/mol. The molecule has 0 aliphatic carbocycles. The Hall–Kier alpha value is -2.69. The number of ketones is 1. The topological polar surface area (TPSA) is 35.5 Å². The van der Waals surface area contributed by atoms with Gasteiger partial charge in [0.25, 0.3) is 0 Å². The number of methoxy groups -OCH3 is 1. The summed E-state index contributed by atoms with van der Waals surface area (Å²) in [6, 6.07) is 13.4. The molecule has 0 atom stereocenters. The number of carbonyl (C=O) groups is 1. The second kappa shape index (κ2) is 7.36. The summed E-state index contributed by atoms with van der Waals surface area (Å²) < 4.78 is 33.8. The Balaban J connectivity index is 2.18. The lowest BCUT2D eigenvalue weighted by Gasteiger charge is -2.10. The van der Waals surface area contributed by atoms with E-state index in [9.17, 15) is 13.6 Å². The van der Waals surface area contributed by atoms with Crippen molar-refractivity contribution >= 4 is 11.9 Å². The second-order valence-corrected chi connectivity index (χ2v) is 4.35. The van der Waals surface area contributed by atoms with Gasteiger partial charge in [0.05, 0.1) is 7.11 Å². The van der Waals surface area contributed by atoms with E-state index in [0.717, 1.165) is 5.56 Å². The fourth-order valence-corrected chi connectivity index (χ4v) is 1.85. The smallest absolute Gasteiger partial charge is 0.387 e. The lowest BCUT2D eigenvalue weighted by atomic mass is 10.1. The van der Waals surface area contributed by atoms with Gasteiger partial charge in [-0.1, -0.05) is 36.4 Å². The van der Waals surface area contributed by atoms with E-state index in [1.54, 1.807) is 6.08 Å². The Bertz CT molecular complexity index is 667. The van der Waals surface area contributed by atoms with Crippen molar-refractivity contribution < 1.29 is 23.0 Å².